The van der Waals surface area contributed by atoms with Gasteiger partial charge in [-0.1, -0.05) is 6.92 Å². The lowest BCUT2D eigenvalue weighted by Gasteiger charge is -2.13. The molecule has 86 valence electrons. The highest BCUT2D eigenvalue weighted by Crippen LogP contribution is 2.13. The van der Waals surface area contributed by atoms with E-state index in [1.807, 2.05) is 13.1 Å². The number of aryl methyl sites for hydroxylation is 1. The number of aromatic nitrogens is 3. The molecule has 1 unspecified atom stereocenters. The Balaban J connectivity index is 1.93. The molecule has 0 aromatic carbocycles. The molecule has 0 saturated heterocycles. The Morgan fingerprint density at radius 3 is 3.00 bits per heavy atom. The van der Waals surface area contributed by atoms with Crippen LogP contribution in [0.15, 0.2) is 17.8 Å². The summed E-state index contributed by atoms with van der Waals surface area (Å²) in [6.45, 7) is 4.97. The lowest BCUT2D eigenvalue weighted by molar-refractivity contribution is 0.494. The zero-order valence-electron chi connectivity index (χ0n) is 9.53. The summed E-state index contributed by atoms with van der Waals surface area (Å²) in [5.74, 6) is 0.995. The van der Waals surface area contributed by atoms with E-state index in [1.165, 1.54) is 0 Å². The van der Waals surface area contributed by atoms with E-state index in [9.17, 15) is 0 Å². The number of hydrogen-bond acceptors (Lipinski definition) is 4. The SMILES string of the molecule is CCC(NCc1csc(C)n1)c1ncc[nH]1. The number of aromatic amines is 1. The van der Waals surface area contributed by atoms with Gasteiger partial charge in [0.2, 0.25) is 0 Å². The van der Waals surface area contributed by atoms with Crippen LogP contribution in [0.1, 0.15) is 35.9 Å². The first-order valence-corrected chi connectivity index (χ1v) is 6.31. The van der Waals surface area contributed by atoms with E-state index in [4.69, 9.17) is 0 Å². The highest BCUT2D eigenvalue weighted by atomic mass is 32.1. The summed E-state index contributed by atoms with van der Waals surface area (Å²) >= 11 is 1.69. The summed E-state index contributed by atoms with van der Waals surface area (Å²) in [5, 5.41) is 6.66. The van der Waals surface area contributed by atoms with Crippen molar-refractivity contribution in [2.75, 3.05) is 0 Å². The van der Waals surface area contributed by atoms with Gasteiger partial charge in [0, 0.05) is 24.3 Å². The maximum absolute atomic E-state index is 4.42. The van der Waals surface area contributed by atoms with Gasteiger partial charge in [0.05, 0.1) is 16.7 Å². The van der Waals surface area contributed by atoms with Crippen molar-refractivity contribution in [1.82, 2.24) is 20.3 Å². The van der Waals surface area contributed by atoms with Crippen molar-refractivity contribution < 1.29 is 0 Å². The van der Waals surface area contributed by atoms with Gasteiger partial charge in [-0.15, -0.1) is 11.3 Å². The van der Waals surface area contributed by atoms with Crippen molar-refractivity contribution >= 4 is 11.3 Å². The fraction of sp³-hybridized carbons (Fsp3) is 0.455. The first-order chi connectivity index (χ1) is 7.79. The van der Waals surface area contributed by atoms with E-state index in [0.717, 1.165) is 29.5 Å². The van der Waals surface area contributed by atoms with Crippen molar-refractivity contribution in [2.45, 2.75) is 32.9 Å². The minimum atomic E-state index is 0.275. The standard InChI is InChI=1S/C11H16N4S/c1-3-10(11-12-4-5-13-11)14-6-9-7-16-8(2)15-9/h4-5,7,10,14H,3,6H2,1-2H3,(H,12,13). The molecule has 0 radical (unpaired) electrons. The molecule has 0 aliphatic rings. The molecule has 1 atom stereocenters. The number of hydrogen-bond donors (Lipinski definition) is 2. The van der Waals surface area contributed by atoms with Crippen LogP contribution in [0.2, 0.25) is 0 Å². The topological polar surface area (TPSA) is 53.6 Å². The molecule has 16 heavy (non-hydrogen) atoms. The van der Waals surface area contributed by atoms with Crippen LogP contribution in [-0.4, -0.2) is 15.0 Å². The molecule has 0 spiro atoms. The third-order valence-electron chi connectivity index (χ3n) is 2.45. The van der Waals surface area contributed by atoms with E-state index >= 15 is 0 Å². The van der Waals surface area contributed by atoms with Crippen molar-refractivity contribution in [3.05, 3.63) is 34.3 Å². The summed E-state index contributed by atoms with van der Waals surface area (Å²) < 4.78 is 0. The maximum atomic E-state index is 4.42. The summed E-state index contributed by atoms with van der Waals surface area (Å²) in [6.07, 6.45) is 4.65. The van der Waals surface area contributed by atoms with Crippen LogP contribution >= 0.6 is 11.3 Å². The molecule has 0 amide bonds. The molecule has 2 aromatic rings. The largest absolute Gasteiger partial charge is 0.347 e. The van der Waals surface area contributed by atoms with Crippen LogP contribution in [0.4, 0.5) is 0 Å². The molecule has 2 N–H and O–H groups in total. The second-order valence-corrected chi connectivity index (χ2v) is 4.74. The molecule has 2 heterocycles. The number of nitrogens with one attached hydrogen (secondary N) is 2. The van der Waals surface area contributed by atoms with Crippen LogP contribution in [0.25, 0.3) is 0 Å². The summed E-state index contributed by atoms with van der Waals surface area (Å²) in [5.41, 5.74) is 1.10. The highest BCUT2D eigenvalue weighted by Gasteiger charge is 2.11. The molecule has 0 bridgehead atoms. The van der Waals surface area contributed by atoms with Crippen LogP contribution in [0, 0.1) is 6.92 Å². The molecule has 0 fully saturated rings. The zero-order valence-corrected chi connectivity index (χ0v) is 10.3. The predicted molar refractivity (Wildman–Crippen MR) is 65.3 cm³/mol. The minimum absolute atomic E-state index is 0.275. The van der Waals surface area contributed by atoms with Gasteiger partial charge in [0.15, 0.2) is 0 Å². The smallest absolute Gasteiger partial charge is 0.123 e. The van der Waals surface area contributed by atoms with Crippen LogP contribution in [0.3, 0.4) is 0 Å². The molecule has 5 heteroatoms. The Morgan fingerprint density at radius 2 is 2.44 bits per heavy atom. The Kier molecular flexibility index (Phi) is 3.69. The Morgan fingerprint density at radius 1 is 1.56 bits per heavy atom. The average molecular weight is 236 g/mol. The normalized spacial score (nSPS) is 12.9. The van der Waals surface area contributed by atoms with Gasteiger partial charge in [0.1, 0.15) is 5.82 Å². The molecule has 2 rings (SSSR count). The van der Waals surface area contributed by atoms with Crippen LogP contribution in [0.5, 0.6) is 0 Å². The molecular formula is C11H16N4S. The van der Waals surface area contributed by atoms with Crippen molar-refractivity contribution in [1.29, 1.82) is 0 Å². The number of nitrogens with zero attached hydrogens (tertiary/aromatic N) is 2. The fourth-order valence-electron chi connectivity index (χ4n) is 1.62. The highest BCUT2D eigenvalue weighted by molar-refractivity contribution is 7.09. The Hall–Kier alpha value is -1.20. The summed E-state index contributed by atoms with van der Waals surface area (Å²) in [6, 6.07) is 0.275. The predicted octanol–water partition coefficient (Wildman–Crippen LogP) is 2.42. The number of H-pyrrole nitrogens is 1. The summed E-state index contributed by atoms with van der Waals surface area (Å²) in [4.78, 5) is 11.8. The van der Waals surface area contributed by atoms with Gasteiger partial charge in [-0.05, 0) is 13.3 Å². The Labute approximate surface area is 99.2 Å². The van der Waals surface area contributed by atoms with Gasteiger partial charge in [-0.3, -0.25) is 0 Å². The second-order valence-electron chi connectivity index (χ2n) is 3.67. The van der Waals surface area contributed by atoms with Crippen molar-refractivity contribution in [2.24, 2.45) is 0 Å². The fourth-order valence-corrected chi connectivity index (χ4v) is 2.23. The van der Waals surface area contributed by atoms with E-state index in [1.54, 1.807) is 17.5 Å². The van der Waals surface area contributed by atoms with E-state index < -0.39 is 0 Å². The molecule has 2 aromatic heterocycles. The molecule has 0 saturated carbocycles. The van der Waals surface area contributed by atoms with Gasteiger partial charge < -0.3 is 10.3 Å². The monoisotopic (exact) mass is 236 g/mol. The zero-order chi connectivity index (χ0) is 11.4. The van der Waals surface area contributed by atoms with Crippen LogP contribution < -0.4 is 5.32 Å². The first kappa shape index (κ1) is 11.3. The number of rotatable bonds is 5. The van der Waals surface area contributed by atoms with Gasteiger partial charge in [0.25, 0.3) is 0 Å². The maximum Gasteiger partial charge on any atom is 0.123 e. The first-order valence-electron chi connectivity index (χ1n) is 5.43. The van der Waals surface area contributed by atoms with Crippen LogP contribution in [-0.2, 0) is 6.54 Å². The third-order valence-corrected chi connectivity index (χ3v) is 3.28. The second kappa shape index (κ2) is 5.23. The van der Waals surface area contributed by atoms with Gasteiger partial charge in [-0.25, -0.2) is 9.97 Å². The molecule has 4 nitrogen and oxygen atoms in total. The summed E-state index contributed by atoms with van der Waals surface area (Å²) in [7, 11) is 0. The molecular weight excluding hydrogens is 220 g/mol. The quantitative estimate of drug-likeness (QED) is 0.838. The van der Waals surface area contributed by atoms with Gasteiger partial charge in [-0.2, -0.15) is 0 Å². The van der Waals surface area contributed by atoms with E-state index in [0.29, 0.717) is 0 Å². The van der Waals surface area contributed by atoms with E-state index in [-0.39, 0.29) is 6.04 Å². The van der Waals surface area contributed by atoms with Gasteiger partial charge >= 0.3 is 0 Å². The Bertz CT molecular complexity index is 421. The third kappa shape index (κ3) is 2.68. The molecule has 0 aliphatic heterocycles. The van der Waals surface area contributed by atoms with Crippen molar-refractivity contribution in [3.8, 4) is 0 Å². The lowest BCUT2D eigenvalue weighted by atomic mass is 10.2. The average Bonchev–Trinajstić information content (AvgIpc) is 2.91. The minimum Gasteiger partial charge on any atom is -0.347 e. The lowest BCUT2D eigenvalue weighted by Crippen LogP contribution is -2.21. The molecule has 0 aliphatic carbocycles. The number of imidazole rings is 1. The van der Waals surface area contributed by atoms with E-state index in [2.05, 4.69) is 32.6 Å². The number of thiazole rings is 1. The van der Waals surface area contributed by atoms with Crippen molar-refractivity contribution in [3.63, 3.8) is 0 Å².